The third-order valence-corrected chi connectivity index (χ3v) is 4.65. The van der Waals surface area contributed by atoms with E-state index in [4.69, 9.17) is 16.3 Å². The minimum atomic E-state index is -1.30. The standard InChI is InChI=1S/C16H15ClN2O4S/c1-2-24(22)13-8-4-3-6-11(13)16(21)23-10-14(20)19-12-7-5-9-18-15(12)17/h3-9H,2,10H2,1H3,(H,19,20)/t24-/m1/s1. The minimum Gasteiger partial charge on any atom is -0.452 e. The van der Waals surface area contributed by atoms with Crippen molar-refractivity contribution in [3.05, 3.63) is 53.3 Å². The number of pyridine rings is 1. The van der Waals surface area contributed by atoms with Crippen molar-refractivity contribution in [1.29, 1.82) is 0 Å². The number of esters is 1. The Kier molecular flexibility index (Phi) is 6.45. The Hall–Kier alpha value is -2.25. The zero-order valence-electron chi connectivity index (χ0n) is 12.8. The highest BCUT2D eigenvalue weighted by molar-refractivity contribution is 7.85. The number of ether oxygens (including phenoxy) is 1. The summed E-state index contributed by atoms with van der Waals surface area (Å²) in [4.78, 5) is 28.2. The number of carbonyl (C=O) groups is 2. The first-order valence-corrected chi connectivity index (χ1v) is 8.77. The van der Waals surface area contributed by atoms with E-state index in [-0.39, 0.29) is 10.7 Å². The van der Waals surface area contributed by atoms with Crippen molar-refractivity contribution < 1.29 is 18.5 Å². The third kappa shape index (κ3) is 4.62. The summed E-state index contributed by atoms with van der Waals surface area (Å²) in [5.41, 5.74) is 0.512. The molecule has 0 aliphatic rings. The van der Waals surface area contributed by atoms with Crippen LogP contribution in [0.5, 0.6) is 0 Å². The number of nitrogens with zero attached hydrogens (tertiary/aromatic N) is 1. The maximum Gasteiger partial charge on any atom is 0.339 e. The largest absolute Gasteiger partial charge is 0.452 e. The zero-order valence-corrected chi connectivity index (χ0v) is 14.4. The number of benzene rings is 1. The number of halogens is 1. The molecule has 0 fully saturated rings. The van der Waals surface area contributed by atoms with Crippen molar-refractivity contribution in [2.75, 3.05) is 17.7 Å². The summed E-state index contributed by atoms with van der Waals surface area (Å²) in [5, 5.41) is 2.63. The summed E-state index contributed by atoms with van der Waals surface area (Å²) in [6.45, 7) is 1.26. The number of nitrogens with one attached hydrogen (secondary N) is 1. The van der Waals surface area contributed by atoms with Crippen LogP contribution in [0.2, 0.25) is 5.15 Å². The molecule has 1 atom stereocenters. The van der Waals surface area contributed by atoms with Gasteiger partial charge in [-0.05, 0) is 24.3 Å². The van der Waals surface area contributed by atoms with Gasteiger partial charge in [0.15, 0.2) is 11.8 Å². The molecule has 24 heavy (non-hydrogen) atoms. The van der Waals surface area contributed by atoms with Gasteiger partial charge in [0.1, 0.15) is 0 Å². The summed E-state index contributed by atoms with van der Waals surface area (Å²) in [6.07, 6.45) is 1.49. The van der Waals surface area contributed by atoms with E-state index in [2.05, 4.69) is 10.3 Å². The Morgan fingerprint density at radius 1 is 1.25 bits per heavy atom. The second-order valence-corrected chi connectivity index (χ2v) is 6.66. The molecular weight excluding hydrogens is 352 g/mol. The first kappa shape index (κ1) is 18.1. The van der Waals surface area contributed by atoms with Crippen LogP contribution in [0.1, 0.15) is 17.3 Å². The average Bonchev–Trinajstić information content (AvgIpc) is 2.61. The molecule has 0 saturated heterocycles. The fraction of sp³-hybridized carbons (Fsp3) is 0.188. The Balaban J connectivity index is 2.00. The molecule has 0 unspecified atom stereocenters. The fourth-order valence-corrected chi connectivity index (χ4v) is 2.97. The van der Waals surface area contributed by atoms with Crippen molar-refractivity contribution in [2.24, 2.45) is 0 Å². The second-order valence-electron chi connectivity index (χ2n) is 4.60. The summed E-state index contributed by atoms with van der Waals surface area (Å²) in [6, 6.07) is 9.64. The normalized spacial score (nSPS) is 11.6. The number of hydrogen-bond donors (Lipinski definition) is 1. The molecule has 0 aliphatic heterocycles. The van der Waals surface area contributed by atoms with Crippen LogP contribution in [0.4, 0.5) is 5.69 Å². The lowest BCUT2D eigenvalue weighted by atomic mass is 10.2. The van der Waals surface area contributed by atoms with E-state index in [0.29, 0.717) is 16.3 Å². The molecule has 2 rings (SSSR count). The lowest BCUT2D eigenvalue weighted by Gasteiger charge is -2.09. The van der Waals surface area contributed by atoms with Crippen LogP contribution >= 0.6 is 11.6 Å². The van der Waals surface area contributed by atoms with Gasteiger partial charge in [0, 0.05) is 11.9 Å². The number of amides is 1. The van der Waals surface area contributed by atoms with Crippen LogP contribution in [0.15, 0.2) is 47.5 Å². The van der Waals surface area contributed by atoms with Gasteiger partial charge < -0.3 is 10.1 Å². The molecule has 0 saturated carbocycles. The van der Waals surface area contributed by atoms with Crippen molar-refractivity contribution in [2.45, 2.75) is 11.8 Å². The van der Waals surface area contributed by atoms with Gasteiger partial charge >= 0.3 is 5.97 Å². The van der Waals surface area contributed by atoms with Gasteiger partial charge in [0.05, 0.1) is 26.9 Å². The molecule has 2 aromatic rings. The highest BCUT2D eigenvalue weighted by Crippen LogP contribution is 2.18. The SMILES string of the molecule is CC[S@@](=O)c1ccccc1C(=O)OCC(=O)Nc1cccnc1Cl. The van der Waals surface area contributed by atoms with Gasteiger partial charge in [-0.2, -0.15) is 0 Å². The maximum atomic E-state index is 12.1. The van der Waals surface area contributed by atoms with Crippen molar-refractivity contribution >= 4 is 40.0 Å². The second kappa shape index (κ2) is 8.56. The highest BCUT2D eigenvalue weighted by Gasteiger charge is 2.17. The lowest BCUT2D eigenvalue weighted by molar-refractivity contribution is -0.119. The Morgan fingerprint density at radius 3 is 2.71 bits per heavy atom. The molecular formula is C16H15ClN2O4S. The number of anilines is 1. The van der Waals surface area contributed by atoms with Gasteiger partial charge in [-0.25, -0.2) is 9.78 Å². The Morgan fingerprint density at radius 2 is 2.00 bits per heavy atom. The van der Waals surface area contributed by atoms with Gasteiger partial charge in [-0.15, -0.1) is 0 Å². The summed E-state index contributed by atoms with van der Waals surface area (Å²) >= 11 is 5.83. The van der Waals surface area contributed by atoms with Crippen LogP contribution in [-0.2, 0) is 20.3 Å². The predicted molar refractivity (Wildman–Crippen MR) is 91.6 cm³/mol. The third-order valence-electron chi connectivity index (χ3n) is 2.98. The molecule has 0 radical (unpaired) electrons. The van der Waals surface area contributed by atoms with E-state index in [1.807, 2.05) is 0 Å². The molecule has 8 heteroatoms. The molecule has 1 N–H and O–H groups in total. The molecule has 0 aliphatic carbocycles. The molecule has 126 valence electrons. The van der Waals surface area contributed by atoms with Crippen molar-refractivity contribution in [3.63, 3.8) is 0 Å². The Bertz CT molecular complexity index is 782. The van der Waals surface area contributed by atoms with Gasteiger partial charge in [0.2, 0.25) is 0 Å². The summed E-state index contributed by atoms with van der Waals surface area (Å²) in [7, 11) is -1.30. The van der Waals surface area contributed by atoms with E-state index < -0.39 is 29.3 Å². The van der Waals surface area contributed by atoms with E-state index in [0.717, 1.165) is 0 Å². The molecule has 0 bridgehead atoms. The monoisotopic (exact) mass is 366 g/mol. The summed E-state index contributed by atoms with van der Waals surface area (Å²) in [5.74, 6) is -0.878. The van der Waals surface area contributed by atoms with Crippen LogP contribution in [0.25, 0.3) is 0 Å². The molecule has 1 amide bonds. The first-order valence-electron chi connectivity index (χ1n) is 7.07. The summed E-state index contributed by atoms with van der Waals surface area (Å²) < 4.78 is 16.9. The minimum absolute atomic E-state index is 0.140. The van der Waals surface area contributed by atoms with E-state index in [1.165, 1.54) is 12.3 Å². The van der Waals surface area contributed by atoms with Crippen molar-refractivity contribution in [3.8, 4) is 0 Å². The fourth-order valence-electron chi connectivity index (χ4n) is 1.86. The van der Waals surface area contributed by atoms with Crippen LogP contribution < -0.4 is 5.32 Å². The zero-order chi connectivity index (χ0) is 17.5. The molecule has 1 heterocycles. The van der Waals surface area contributed by atoms with E-state index in [1.54, 1.807) is 37.3 Å². The quantitative estimate of drug-likeness (QED) is 0.627. The number of aromatic nitrogens is 1. The highest BCUT2D eigenvalue weighted by atomic mass is 35.5. The number of carbonyl (C=O) groups excluding carboxylic acids is 2. The average molecular weight is 367 g/mol. The van der Waals surface area contributed by atoms with Crippen molar-refractivity contribution in [1.82, 2.24) is 4.98 Å². The van der Waals surface area contributed by atoms with E-state index in [9.17, 15) is 13.8 Å². The van der Waals surface area contributed by atoms with Crippen LogP contribution in [0.3, 0.4) is 0 Å². The lowest BCUT2D eigenvalue weighted by Crippen LogP contribution is -2.21. The first-order chi connectivity index (χ1) is 11.5. The molecule has 0 spiro atoms. The van der Waals surface area contributed by atoms with E-state index >= 15 is 0 Å². The van der Waals surface area contributed by atoms with Gasteiger partial charge in [-0.3, -0.25) is 9.00 Å². The topological polar surface area (TPSA) is 85.4 Å². The number of hydrogen-bond acceptors (Lipinski definition) is 5. The Labute approximate surface area is 146 Å². The van der Waals surface area contributed by atoms with Gasteiger partial charge in [0.25, 0.3) is 5.91 Å². The number of rotatable bonds is 6. The molecule has 6 nitrogen and oxygen atoms in total. The predicted octanol–water partition coefficient (Wildman–Crippen LogP) is 2.66. The van der Waals surface area contributed by atoms with Crippen LogP contribution in [0, 0.1) is 0 Å². The molecule has 1 aromatic carbocycles. The van der Waals surface area contributed by atoms with Crippen LogP contribution in [-0.4, -0.2) is 33.4 Å². The smallest absolute Gasteiger partial charge is 0.339 e. The van der Waals surface area contributed by atoms with Gasteiger partial charge in [-0.1, -0.05) is 30.7 Å². The molecule has 1 aromatic heterocycles. The maximum absolute atomic E-state index is 12.1.